The molecular weight excluding hydrogens is 464 g/mol. The van der Waals surface area contributed by atoms with Crippen molar-refractivity contribution in [3.8, 4) is 0 Å². The molecule has 0 saturated carbocycles. The molecule has 2 aliphatic rings. The average molecular weight is 501 g/mol. The fraction of sp³-hybridized carbons (Fsp3) is 0.739. The first-order valence-electron chi connectivity index (χ1n) is 11.5. The number of hydrogen-bond donors (Lipinski definition) is 3. The number of nitrogens with one attached hydrogen (secondary N) is 2. The highest BCUT2D eigenvalue weighted by atomic mass is 33.1. The molecule has 3 N–H and O–H groups in total. The Balaban J connectivity index is 2.47. The minimum atomic E-state index is -1.17. The summed E-state index contributed by atoms with van der Waals surface area (Å²) in [6.45, 7) is 7.40. The van der Waals surface area contributed by atoms with Gasteiger partial charge in [0.25, 0.3) is 0 Å². The molecule has 2 amide bonds. The van der Waals surface area contributed by atoms with E-state index in [1.807, 2.05) is 33.8 Å². The molecule has 2 aliphatic heterocycles. The summed E-state index contributed by atoms with van der Waals surface area (Å²) in [5.41, 5.74) is 0. The molecule has 8 nitrogen and oxygen atoms in total. The van der Waals surface area contributed by atoms with Crippen molar-refractivity contribution < 1.29 is 29.0 Å². The number of carbonyl (C=O) groups excluding carboxylic acids is 4. The van der Waals surface area contributed by atoms with Crippen LogP contribution >= 0.6 is 21.6 Å². The highest BCUT2D eigenvalue weighted by Crippen LogP contribution is 2.25. The first kappa shape index (κ1) is 27.7. The number of carbonyl (C=O) groups is 4. The van der Waals surface area contributed by atoms with E-state index in [9.17, 15) is 24.3 Å². The standard InChI is InChI=1S/C23H36N2O6S2/c1-13(2)17-10-15(26)9-16-7-5-6-8-32-33-12-18(24-22(17)29)23(30)25-21(14(3)4)19(27)11-20(28)31-16/h5,7,13-14,16-19,21,27H,6,8-12H2,1-4H3,(H,24,29)(H,25,30)/b7-5+/t16?,17-,18?,19+,21-/m1/s1. The topological polar surface area (TPSA) is 122 Å². The zero-order chi connectivity index (χ0) is 24.5. The van der Waals surface area contributed by atoms with Crippen LogP contribution in [0.1, 0.15) is 53.4 Å². The molecule has 0 spiro atoms. The fourth-order valence-electron chi connectivity index (χ4n) is 3.82. The Morgan fingerprint density at radius 1 is 0.970 bits per heavy atom. The normalized spacial score (nSPS) is 32.3. The number of rotatable bonds is 2. The predicted octanol–water partition coefficient (Wildman–Crippen LogP) is 2.25. The molecule has 0 aliphatic carbocycles. The summed E-state index contributed by atoms with van der Waals surface area (Å²) in [4.78, 5) is 51.7. The maximum absolute atomic E-state index is 13.2. The van der Waals surface area contributed by atoms with Crippen molar-refractivity contribution in [1.82, 2.24) is 10.6 Å². The number of amides is 2. The molecule has 5 atom stereocenters. The van der Waals surface area contributed by atoms with Gasteiger partial charge in [-0.3, -0.25) is 19.2 Å². The summed E-state index contributed by atoms with van der Waals surface area (Å²) in [7, 11) is 3.07. The second kappa shape index (κ2) is 13.4. The van der Waals surface area contributed by atoms with E-state index in [-0.39, 0.29) is 42.8 Å². The number of aliphatic hydroxyl groups excluding tert-OH is 1. The predicted molar refractivity (Wildman–Crippen MR) is 130 cm³/mol. The van der Waals surface area contributed by atoms with Crippen LogP contribution in [0, 0.1) is 17.8 Å². The molecule has 2 unspecified atom stereocenters. The minimum Gasteiger partial charge on any atom is -0.458 e. The molecule has 0 radical (unpaired) electrons. The van der Waals surface area contributed by atoms with Crippen molar-refractivity contribution in [3.63, 3.8) is 0 Å². The van der Waals surface area contributed by atoms with E-state index < -0.39 is 42.1 Å². The van der Waals surface area contributed by atoms with Gasteiger partial charge in [-0.25, -0.2) is 0 Å². The van der Waals surface area contributed by atoms with Gasteiger partial charge in [-0.15, -0.1) is 0 Å². The summed E-state index contributed by atoms with van der Waals surface area (Å²) in [5.74, 6) is -1.37. The third-order valence-electron chi connectivity index (χ3n) is 5.79. The number of allylic oxidation sites excluding steroid dienone is 1. The fourth-order valence-corrected chi connectivity index (χ4v) is 5.98. The summed E-state index contributed by atoms with van der Waals surface area (Å²) in [6.07, 6.45) is 2.03. The highest BCUT2D eigenvalue weighted by Gasteiger charge is 2.34. The van der Waals surface area contributed by atoms with E-state index in [0.717, 1.165) is 5.75 Å². The van der Waals surface area contributed by atoms with Crippen LogP contribution in [-0.2, 0) is 23.9 Å². The Morgan fingerprint density at radius 2 is 1.70 bits per heavy atom. The molecule has 186 valence electrons. The van der Waals surface area contributed by atoms with Gasteiger partial charge in [0.2, 0.25) is 11.8 Å². The lowest BCUT2D eigenvalue weighted by atomic mass is 9.88. The molecular formula is C23H36N2O6S2. The van der Waals surface area contributed by atoms with Gasteiger partial charge >= 0.3 is 5.97 Å². The lowest BCUT2D eigenvalue weighted by molar-refractivity contribution is -0.151. The van der Waals surface area contributed by atoms with Gasteiger partial charge < -0.3 is 20.5 Å². The first-order valence-corrected chi connectivity index (χ1v) is 14.0. The number of Topliss-reactive ketones (excluding diaryl/α,β-unsaturated/α-hetero) is 1. The number of esters is 1. The van der Waals surface area contributed by atoms with Crippen molar-refractivity contribution in [1.29, 1.82) is 0 Å². The van der Waals surface area contributed by atoms with E-state index in [1.165, 1.54) is 10.8 Å². The number of ketones is 1. The van der Waals surface area contributed by atoms with Crippen LogP contribution in [0.5, 0.6) is 0 Å². The van der Waals surface area contributed by atoms with E-state index in [0.29, 0.717) is 12.2 Å². The van der Waals surface area contributed by atoms with Gasteiger partial charge in [-0.2, -0.15) is 0 Å². The number of fused-ring (bicyclic) bond motifs is 7. The first-order chi connectivity index (χ1) is 15.6. The highest BCUT2D eigenvalue weighted by molar-refractivity contribution is 8.76. The molecule has 2 bridgehead atoms. The molecule has 2 rings (SSSR count). The van der Waals surface area contributed by atoms with Crippen LogP contribution in [-0.4, -0.2) is 64.5 Å². The second-order valence-electron chi connectivity index (χ2n) is 9.26. The summed E-state index contributed by atoms with van der Waals surface area (Å²) < 4.78 is 5.53. The van der Waals surface area contributed by atoms with Crippen LogP contribution in [0.4, 0.5) is 0 Å². The van der Waals surface area contributed by atoms with Crippen molar-refractivity contribution in [2.75, 3.05) is 11.5 Å². The van der Waals surface area contributed by atoms with Crippen molar-refractivity contribution in [2.24, 2.45) is 17.8 Å². The van der Waals surface area contributed by atoms with Gasteiger partial charge in [0.05, 0.1) is 18.6 Å². The van der Waals surface area contributed by atoms with E-state index in [1.54, 1.807) is 16.9 Å². The Kier molecular flexibility index (Phi) is 11.2. The van der Waals surface area contributed by atoms with Gasteiger partial charge in [-0.1, -0.05) is 55.4 Å². The summed E-state index contributed by atoms with van der Waals surface area (Å²) >= 11 is 0. The Morgan fingerprint density at radius 3 is 2.36 bits per heavy atom. The number of ether oxygens (including phenoxy) is 1. The van der Waals surface area contributed by atoms with E-state index in [4.69, 9.17) is 4.74 Å². The third-order valence-corrected chi connectivity index (χ3v) is 8.23. The molecule has 0 aromatic heterocycles. The van der Waals surface area contributed by atoms with Crippen LogP contribution in [0.25, 0.3) is 0 Å². The number of hydrogen-bond acceptors (Lipinski definition) is 8. The zero-order valence-corrected chi connectivity index (χ0v) is 21.4. The van der Waals surface area contributed by atoms with Crippen LogP contribution in [0.2, 0.25) is 0 Å². The van der Waals surface area contributed by atoms with Gasteiger partial charge in [0, 0.05) is 30.3 Å². The Labute approximate surface area is 203 Å². The Bertz CT molecular complexity index is 742. The Hall–Kier alpha value is -1.52. The quantitative estimate of drug-likeness (QED) is 0.300. The summed E-state index contributed by atoms with van der Waals surface area (Å²) in [5, 5.41) is 16.4. The molecule has 0 aromatic carbocycles. The molecule has 2 heterocycles. The molecule has 0 aromatic rings. The van der Waals surface area contributed by atoms with Crippen molar-refractivity contribution in [3.05, 3.63) is 12.2 Å². The summed E-state index contributed by atoms with van der Waals surface area (Å²) in [6, 6.07) is -1.53. The van der Waals surface area contributed by atoms with Gasteiger partial charge in [0.1, 0.15) is 17.9 Å². The van der Waals surface area contributed by atoms with E-state index >= 15 is 0 Å². The molecule has 10 heteroatoms. The number of aliphatic hydroxyl groups is 1. The average Bonchev–Trinajstić information content (AvgIpc) is 2.72. The molecule has 33 heavy (non-hydrogen) atoms. The van der Waals surface area contributed by atoms with Crippen molar-refractivity contribution in [2.45, 2.75) is 77.7 Å². The minimum absolute atomic E-state index is 0.00112. The largest absolute Gasteiger partial charge is 0.458 e. The monoisotopic (exact) mass is 500 g/mol. The SMILES string of the molecule is CC(C)[C@H]1NC(=O)C2CSSCC/C=C/C(CC(=O)C[C@H](C(C)C)C(=O)N2)OC(=O)C[C@@H]1O. The third kappa shape index (κ3) is 8.98. The van der Waals surface area contributed by atoms with Crippen LogP contribution in [0.15, 0.2) is 12.2 Å². The smallest absolute Gasteiger partial charge is 0.309 e. The molecule has 1 fully saturated rings. The maximum Gasteiger partial charge on any atom is 0.309 e. The zero-order valence-electron chi connectivity index (χ0n) is 19.7. The van der Waals surface area contributed by atoms with E-state index in [2.05, 4.69) is 10.6 Å². The van der Waals surface area contributed by atoms with Crippen LogP contribution in [0.3, 0.4) is 0 Å². The van der Waals surface area contributed by atoms with Crippen LogP contribution < -0.4 is 10.6 Å². The lowest BCUT2D eigenvalue weighted by Crippen LogP contribution is -2.56. The second-order valence-corrected chi connectivity index (χ2v) is 11.9. The van der Waals surface area contributed by atoms with Gasteiger partial charge in [-0.05, 0) is 24.3 Å². The van der Waals surface area contributed by atoms with Gasteiger partial charge in [0.15, 0.2) is 0 Å². The maximum atomic E-state index is 13.2. The van der Waals surface area contributed by atoms with Crippen molar-refractivity contribution >= 4 is 45.2 Å². The lowest BCUT2D eigenvalue weighted by Gasteiger charge is -2.30. The molecule has 1 saturated heterocycles.